The fourth-order valence-electron chi connectivity index (χ4n) is 2.46. The summed E-state index contributed by atoms with van der Waals surface area (Å²) >= 11 is 0. The third-order valence-electron chi connectivity index (χ3n) is 3.45. The smallest absolute Gasteiger partial charge is 0.0349 e. The molecule has 0 aliphatic carbocycles. The first-order valence-electron chi connectivity index (χ1n) is 6.17. The lowest BCUT2D eigenvalue weighted by molar-refractivity contribution is 1.28. The Morgan fingerprint density at radius 2 is 1.67 bits per heavy atom. The third kappa shape index (κ3) is 1.68. The number of hydrogen-bond acceptors (Lipinski definition) is 1. The van der Waals surface area contributed by atoms with Crippen molar-refractivity contribution in [2.24, 2.45) is 0 Å². The minimum atomic E-state index is 1.23. The predicted molar refractivity (Wildman–Crippen MR) is 76.7 cm³/mol. The molecule has 0 amide bonds. The number of aryl methyl sites for hydroxylation is 2. The second-order valence-corrected chi connectivity index (χ2v) is 4.67. The summed E-state index contributed by atoms with van der Waals surface area (Å²) in [6, 6.07) is 14.9. The van der Waals surface area contributed by atoms with Crippen LogP contribution in [0.4, 0.5) is 0 Å². The largest absolute Gasteiger partial charge is 0.264 e. The summed E-state index contributed by atoms with van der Waals surface area (Å²) in [5.74, 6) is 0. The van der Waals surface area contributed by atoms with Crippen molar-refractivity contribution in [1.29, 1.82) is 0 Å². The number of rotatable bonds is 1. The minimum Gasteiger partial charge on any atom is -0.264 e. The highest BCUT2D eigenvalue weighted by Gasteiger charge is 2.09. The summed E-state index contributed by atoms with van der Waals surface area (Å²) in [6.45, 7) is 4.30. The average molecular weight is 233 g/mol. The highest BCUT2D eigenvalue weighted by atomic mass is 14.6. The molecule has 1 heterocycles. The van der Waals surface area contributed by atoms with Crippen LogP contribution < -0.4 is 0 Å². The molecule has 3 rings (SSSR count). The van der Waals surface area contributed by atoms with E-state index in [2.05, 4.69) is 61.3 Å². The highest BCUT2D eigenvalue weighted by molar-refractivity contribution is 5.98. The van der Waals surface area contributed by atoms with Crippen LogP contribution in [0.1, 0.15) is 11.1 Å². The number of pyridine rings is 1. The van der Waals surface area contributed by atoms with Crippen LogP contribution in [0, 0.1) is 13.8 Å². The van der Waals surface area contributed by atoms with Crippen molar-refractivity contribution in [2.45, 2.75) is 13.8 Å². The van der Waals surface area contributed by atoms with Gasteiger partial charge in [0.15, 0.2) is 0 Å². The first-order chi connectivity index (χ1) is 8.77. The number of hydrogen-bond donors (Lipinski definition) is 0. The van der Waals surface area contributed by atoms with Gasteiger partial charge in [-0.2, -0.15) is 0 Å². The van der Waals surface area contributed by atoms with Gasteiger partial charge in [-0.05, 0) is 47.4 Å². The first-order valence-corrected chi connectivity index (χ1v) is 6.17. The Kier molecular flexibility index (Phi) is 2.60. The van der Waals surface area contributed by atoms with E-state index >= 15 is 0 Å². The van der Waals surface area contributed by atoms with Crippen molar-refractivity contribution in [3.8, 4) is 11.1 Å². The van der Waals surface area contributed by atoms with Crippen LogP contribution in [-0.2, 0) is 0 Å². The maximum absolute atomic E-state index is 4.27. The molecule has 1 aromatic heterocycles. The molecule has 0 atom stereocenters. The van der Waals surface area contributed by atoms with E-state index in [4.69, 9.17) is 0 Å². The summed E-state index contributed by atoms with van der Waals surface area (Å²) in [5, 5.41) is 2.58. The van der Waals surface area contributed by atoms with Gasteiger partial charge in [0.2, 0.25) is 0 Å². The van der Waals surface area contributed by atoms with E-state index in [1.54, 1.807) is 0 Å². The topological polar surface area (TPSA) is 12.9 Å². The maximum atomic E-state index is 4.27. The van der Waals surface area contributed by atoms with Crippen LogP contribution >= 0.6 is 0 Å². The van der Waals surface area contributed by atoms with Crippen LogP contribution in [0.2, 0.25) is 0 Å². The molecule has 0 bridgehead atoms. The molecule has 3 aromatic rings. The molecule has 0 saturated heterocycles. The third-order valence-corrected chi connectivity index (χ3v) is 3.45. The molecule has 0 saturated carbocycles. The number of aromatic nitrogens is 1. The zero-order valence-electron chi connectivity index (χ0n) is 10.6. The van der Waals surface area contributed by atoms with Gasteiger partial charge in [0.1, 0.15) is 0 Å². The number of benzene rings is 2. The highest BCUT2D eigenvalue weighted by Crippen LogP contribution is 2.33. The van der Waals surface area contributed by atoms with Gasteiger partial charge in [-0.1, -0.05) is 36.4 Å². The molecule has 18 heavy (non-hydrogen) atoms. The second kappa shape index (κ2) is 4.26. The fourth-order valence-corrected chi connectivity index (χ4v) is 2.46. The van der Waals surface area contributed by atoms with Crippen molar-refractivity contribution >= 4 is 10.8 Å². The molecule has 0 spiro atoms. The van der Waals surface area contributed by atoms with Gasteiger partial charge >= 0.3 is 0 Å². The minimum absolute atomic E-state index is 1.23. The fraction of sp³-hybridized carbons (Fsp3) is 0.118. The van der Waals surface area contributed by atoms with E-state index < -0.39 is 0 Å². The molecular formula is C17H15N. The first kappa shape index (κ1) is 11.0. The molecule has 2 aromatic carbocycles. The second-order valence-electron chi connectivity index (χ2n) is 4.67. The van der Waals surface area contributed by atoms with Crippen LogP contribution in [0.5, 0.6) is 0 Å². The molecule has 0 aliphatic heterocycles. The summed E-state index contributed by atoms with van der Waals surface area (Å²) in [5.41, 5.74) is 5.10. The molecule has 88 valence electrons. The zero-order valence-corrected chi connectivity index (χ0v) is 10.6. The van der Waals surface area contributed by atoms with Crippen molar-refractivity contribution in [3.05, 3.63) is 66.0 Å². The monoisotopic (exact) mass is 233 g/mol. The lowest BCUT2D eigenvalue weighted by Crippen LogP contribution is -1.90. The molecule has 0 unspecified atom stereocenters. The van der Waals surface area contributed by atoms with E-state index in [9.17, 15) is 0 Å². The predicted octanol–water partition coefficient (Wildman–Crippen LogP) is 4.52. The van der Waals surface area contributed by atoms with Gasteiger partial charge in [0.25, 0.3) is 0 Å². The van der Waals surface area contributed by atoms with E-state index in [1.165, 1.54) is 33.0 Å². The normalized spacial score (nSPS) is 10.8. The summed E-state index contributed by atoms with van der Waals surface area (Å²) in [6.07, 6.45) is 3.81. The number of fused-ring (bicyclic) bond motifs is 1. The van der Waals surface area contributed by atoms with Gasteiger partial charge in [-0.3, -0.25) is 4.98 Å². The summed E-state index contributed by atoms with van der Waals surface area (Å²) < 4.78 is 0. The van der Waals surface area contributed by atoms with Crippen molar-refractivity contribution in [1.82, 2.24) is 4.98 Å². The Labute approximate surface area is 107 Å². The molecule has 0 aliphatic rings. The van der Waals surface area contributed by atoms with Crippen molar-refractivity contribution < 1.29 is 0 Å². The molecular weight excluding hydrogens is 218 g/mol. The van der Waals surface area contributed by atoms with E-state index in [1.807, 2.05) is 12.4 Å². The van der Waals surface area contributed by atoms with Gasteiger partial charge in [0.05, 0.1) is 0 Å². The van der Waals surface area contributed by atoms with E-state index in [0.29, 0.717) is 0 Å². The van der Waals surface area contributed by atoms with Gasteiger partial charge < -0.3 is 0 Å². The molecule has 1 nitrogen and oxygen atoms in total. The van der Waals surface area contributed by atoms with Gasteiger partial charge in [-0.15, -0.1) is 0 Å². The molecule has 0 N–H and O–H groups in total. The zero-order chi connectivity index (χ0) is 12.5. The Hall–Kier alpha value is -2.15. The van der Waals surface area contributed by atoms with Crippen molar-refractivity contribution in [3.63, 3.8) is 0 Å². The quantitative estimate of drug-likeness (QED) is 0.602. The van der Waals surface area contributed by atoms with Crippen LogP contribution in [-0.4, -0.2) is 4.98 Å². The molecule has 0 fully saturated rings. The lowest BCUT2D eigenvalue weighted by atomic mass is 9.93. The van der Waals surface area contributed by atoms with Crippen LogP contribution in [0.15, 0.2) is 54.9 Å². The number of nitrogens with zero attached hydrogens (tertiary/aromatic N) is 1. The lowest BCUT2D eigenvalue weighted by Gasteiger charge is -2.12. The van der Waals surface area contributed by atoms with Gasteiger partial charge in [-0.25, -0.2) is 0 Å². The van der Waals surface area contributed by atoms with Crippen molar-refractivity contribution in [2.75, 3.05) is 0 Å². The van der Waals surface area contributed by atoms with E-state index in [-0.39, 0.29) is 0 Å². The SMILES string of the molecule is Cc1ccncc1-c1c(C)ccc2ccccc12. The Morgan fingerprint density at radius 3 is 2.50 bits per heavy atom. The molecule has 0 radical (unpaired) electrons. The van der Waals surface area contributed by atoms with E-state index in [0.717, 1.165) is 0 Å². The Bertz CT molecular complexity index is 714. The summed E-state index contributed by atoms with van der Waals surface area (Å²) in [4.78, 5) is 4.27. The van der Waals surface area contributed by atoms with Gasteiger partial charge in [0, 0.05) is 18.0 Å². The standard InChI is InChI=1S/C17H15N/c1-12-9-10-18-11-16(12)17-13(2)7-8-14-5-3-4-6-15(14)17/h3-11H,1-2H3. The maximum Gasteiger partial charge on any atom is 0.0349 e. The van der Waals surface area contributed by atoms with Crippen LogP contribution in [0.25, 0.3) is 21.9 Å². The van der Waals surface area contributed by atoms with Crippen LogP contribution in [0.3, 0.4) is 0 Å². The molecule has 1 heteroatoms. The average Bonchev–Trinajstić information content (AvgIpc) is 2.40. The Balaban J connectivity index is 2.42. The Morgan fingerprint density at radius 1 is 0.833 bits per heavy atom. The summed E-state index contributed by atoms with van der Waals surface area (Å²) in [7, 11) is 0.